The molecule has 22 heavy (non-hydrogen) atoms. The van der Waals surface area contributed by atoms with Gasteiger partial charge in [-0.15, -0.1) is 0 Å². The first-order valence-electron chi connectivity index (χ1n) is 8.03. The van der Waals surface area contributed by atoms with Crippen LogP contribution < -0.4 is 5.32 Å². The van der Waals surface area contributed by atoms with Gasteiger partial charge in [0.05, 0.1) is 11.1 Å². The number of aromatic nitrogens is 1. The molecule has 1 aliphatic heterocycles. The number of pyridine rings is 1. The van der Waals surface area contributed by atoms with Gasteiger partial charge in [0.15, 0.2) is 0 Å². The van der Waals surface area contributed by atoms with Gasteiger partial charge in [-0.05, 0) is 25.0 Å². The zero-order valence-electron chi connectivity index (χ0n) is 13.2. The van der Waals surface area contributed by atoms with Gasteiger partial charge in [0.1, 0.15) is 0 Å². The number of benzene rings is 1. The molecule has 1 aromatic carbocycles. The van der Waals surface area contributed by atoms with Gasteiger partial charge in [0.2, 0.25) is 0 Å². The van der Waals surface area contributed by atoms with Crippen molar-refractivity contribution in [2.45, 2.75) is 38.8 Å². The number of carbonyl (C=O) groups is 1. The average Bonchev–Trinajstić information content (AvgIpc) is 2.54. The Morgan fingerprint density at radius 1 is 1.27 bits per heavy atom. The minimum absolute atomic E-state index is 0.0984. The van der Waals surface area contributed by atoms with Gasteiger partial charge >= 0.3 is 0 Å². The highest BCUT2D eigenvalue weighted by molar-refractivity contribution is 5.97. The Morgan fingerprint density at radius 3 is 2.73 bits per heavy atom. The number of rotatable bonds is 3. The third kappa shape index (κ3) is 3.28. The lowest BCUT2D eigenvalue weighted by Crippen LogP contribution is -2.46. The van der Waals surface area contributed by atoms with Gasteiger partial charge in [-0.1, -0.05) is 32.0 Å². The van der Waals surface area contributed by atoms with E-state index in [1.807, 2.05) is 35.2 Å². The second kappa shape index (κ2) is 6.44. The SMILES string of the molecule is CC(C)NC1CCN(C(=O)c2cnc3ccccc3c2)CC1. The van der Waals surface area contributed by atoms with E-state index in [-0.39, 0.29) is 5.91 Å². The molecule has 0 radical (unpaired) electrons. The van der Waals surface area contributed by atoms with Crippen molar-refractivity contribution >= 4 is 16.8 Å². The van der Waals surface area contributed by atoms with Crippen molar-refractivity contribution in [3.8, 4) is 0 Å². The van der Waals surface area contributed by atoms with Crippen LogP contribution in [0.2, 0.25) is 0 Å². The highest BCUT2D eigenvalue weighted by atomic mass is 16.2. The zero-order valence-corrected chi connectivity index (χ0v) is 13.2. The number of nitrogens with one attached hydrogen (secondary N) is 1. The Bertz CT molecular complexity index is 660. The summed E-state index contributed by atoms with van der Waals surface area (Å²) in [5, 5.41) is 4.57. The van der Waals surface area contributed by atoms with Crippen LogP contribution in [0.5, 0.6) is 0 Å². The molecular formula is C18H23N3O. The van der Waals surface area contributed by atoms with Crippen LogP contribution in [-0.2, 0) is 0 Å². The first-order valence-corrected chi connectivity index (χ1v) is 8.03. The predicted octanol–water partition coefficient (Wildman–Crippen LogP) is 2.84. The second-order valence-corrected chi connectivity index (χ2v) is 6.30. The molecule has 1 aromatic heterocycles. The van der Waals surface area contributed by atoms with Gasteiger partial charge in [-0.2, -0.15) is 0 Å². The van der Waals surface area contributed by atoms with Gasteiger partial charge in [0.25, 0.3) is 5.91 Å². The van der Waals surface area contributed by atoms with Crippen LogP contribution >= 0.6 is 0 Å². The second-order valence-electron chi connectivity index (χ2n) is 6.30. The molecule has 1 amide bonds. The standard InChI is InChI=1S/C18H23N3O/c1-13(2)20-16-7-9-21(10-8-16)18(22)15-11-14-5-3-4-6-17(14)19-12-15/h3-6,11-13,16,20H,7-10H2,1-2H3. The summed E-state index contributed by atoms with van der Waals surface area (Å²) in [4.78, 5) is 19.0. The van der Waals surface area contributed by atoms with Gasteiger partial charge in [-0.25, -0.2) is 0 Å². The highest BCUT2D eigenvalue weighted by Crippen LogP contribution is 2.17. The summed E-state index contributed by atoms with van der Waals surface area (Å²) < 4.78 is 0. The van der Waals surface area contributed by atoms with Gasteiger partial charge < -0.3 is 10.2 Å². The summed E-state index contributed by atoms with van der Waals surface area (Å²) in [6.07, 6.45) is 3.74. The number of piperidine rings is 1. The van der Waals surface area contributed by atoms with Gasteiger partial charge in [-0.3, -0.25) is 9.78 Å². The smallest absolute Gasteiger partial charge is 0.255 e. The van der Waals surface area contributed by atoms with E-state index in [4.69, 9.17) is 0 Å². The fraction of sp³-hybridized carbons (Fsp3) is 0.444. The van der Waals surface area contributed by atoms with Crippen LogP contribution in [0, 0.1) is 0 Å². The summed E-state index contributed by atoms with van der Waals surface area (Å²) in [6.45, 7) is 5.96. The molecule has 0 spiro atoms. The summed E-state index contributed by atoms with van der Waals surface area (Å²) in [7, 11) is 0. The van der Waals surface area contributed by atoms with E-state index in [9.17, 15) is 4.79 Å². The number of amides is 1. The zero-order chi connectivity index (χ0) is 15.5. The van der Waals surface area contributed by atoms with Crippen molar-refractivity contribution in [1.29, 1.82) is 0 Å². The molecule has 0 unspecified atom stereocenters. The molecule has 0 saturated carbocycles. The molecule has 116 valence electrons. The molecule has 0 atom stereocenters. The van der Waals surface area contributed by atoms with Crippen LogP contribution in [0.25, 0.3) is 10.9 Å². The molecule has 4 heteroatoms. The van der Waals surface area contributed by atoms with Crippen molar-refractivity contribution in [2.75, 3.05) is 13.1 Å². The Labute approximate surface area is 131 Å². The summed E-state index contributed by atoms with van der Waals surface area (Å²) >= 11 is 0. The third-order valence-corrected chi connectivity index (χ3v) is 4.19. The Hall–Kier alpha value is -1.94. The molecule has 1 saturated heterocycles. The van der Waals surface area contributed by atoms with Crippen LogP contribution in [0.1, 0.15) is 37.0 Å². The highest BCUT2D eigenvalue weighted by Gasteiger charge is 2.24. The molecule has 4 nitrogen and oxygen atoms in total. The summed E-state index contributed by atoms with van der Waals surface area (Å²) in [6, 6.07) is 10.9. The number of likely N-dealkylation sites (tertiary alicyclic amines) is 1. The summed E-state index contributed by atoms with van der Waals surface area (Å²) in [5.74, 6) is 0.0984. The molecule has 2 heterocycles. The average molecular weight is 297 g/mol. The number of para-hydroxylation sites is 1. The lowest BCUT2D eigenvalue weighted by Gasteiger charge is -2.33. The first kappa shape index (κ1) is 15.0. The lowest BCUT2D eigenvalue weighted by atomic mass is 10.0. The van der Waals surface area contributed by atoms with Crippen LogP contribution in [0.3, 0.4) is 0 Å². The monoisotopic (exact) mass is 297 g/mol. The van der Waals surface area contributed by atoms with Crippen molar-refractivity contribution in [1.82, 2.24) is 15.2 Å². The van der Waals surface area contributed by atoms with Crippen molar-refractivity contribution in [2.24, 2.45) is 0 Å². The molecule has 0 bridgehead atoms. The first-order chi connectivity index (χ1) is 10.6. The van der Waals surface area contributed by atoms with E-state index in [1.54, 1.807) is 6.20 Å². The molecule has 0 aliphatic carbocycles. The van der Waals surface area contributed by atoms with E-state index < -0.39 is 0 Å². The summed E-state index contributed by atoms with van der Waals surface area (Å²) in [5.41, 5.74) is 1.62. The number of carbonyl (C=O) groups excluding carboxylic acids is 1. The molecule has 1 fully saturated rings. The van der Waals surface area contributed by atoms with Crippen molar-refractivity contribution in [3.05, 3.63) is 42.1 Å². The Kier molecular flexibility index (Phi) is 4.39. The van der Waals surface area contributed by atoms with E-state index >= 15 is 0 Å². The van der Waals surface area contributed by atoms with Crippen molar-refractivity contribution in [3.63, 3.8) is 0 Å². The molecule has 3 rings (SSSR count). The van der Waals surface area contributed by atoms with Crippen LogP contribution in [-0.4, -0.2) is 41.0 Å². The van der Waals surface area contributed by atoms with E-state index in [1.165, 1.54) is 0 Å². The normalized spacial score (nSPS) is 16.4. The number of hydrogen-bond donors (Lipinski definition) is 1. The number of hydrogen-bond acceptors (Lipinski definition) is 3. The molecule has 1 aliphatic rings. The minimum atomic E-state index is 0.0984. The fourth-order valence-corrected chi connectivity index (χ4v) is 3.09. The molecule has 1 N–H and O–H groups in total. The third-order valence-electron chi connectivity index (χ3n) is 4.19. The predicted molar refractivity (Wildman–Crippen MR) is 88.9 cm³/mol. The maximum Gasteiger partial charge on any atom is 0.255 e. The fourth-order valence-electron chi connectivity index (χ4n) is 3.09. The van der Waals surface area contributed by atoms with E-state index in [0.717, 1.165) is 36.8 Å². The Balaban J connectivity index is 1.68. The van der Waals surface area contributed by atoms with E-state index in [2.05, 4.69) is 24.1 Å². The maximum atomic E-state index is 12.6. The largest absolute Gasteiger partial charge is 0.338 e. The van der Waals surface area contributed by atoms with Crippen LogP contribution in [0.4, 0.5) is 0 Å². The van der Waals surface area contributed by atoms with E-state index in [0.29, 0.717) is 17.6 Å². The number of nitrogens with zero attached hydrogens (tertiary/aromatic N) is 2. The maximum absolute atomic E-state index is 12.6. The van der Waals surface area contributed by atoms with Gasteiger partial charge in [0, 0.05) is 36.8 Å². The quantitative estimate of drug-likeness (QED) is 0.947. The van der Waals surface area contributed by atoms with Crippen LogP contribution in [0.15, 0.2) is 36.5 Å². The number of fused-ring (bicyclic) bond motifs is 1. The molecular weight excluding hydrogens is 274 g/mol. The molecule has 2 aromatic rings. The minimum Gasteiger partial charge on any atom is -0.338 e. The topological polar surface area (TPSA) is 45.2 Å². The lowest BCUT2D eigenvalue weighted by molar-refractivity contribution is 0.0703. The Morgan fingerprint density at radius 2 is 2.00 bits per heavy atom. The van der Waals surface area contributed by atoms with Crippen molar-refractivity contribution < 1.29 is 4.79 Å².